The Bertz CT molecular complexity index is 3130. The summed E-state index contributed by atoms with van der Waals surface area (Å²) < 4.78 is 47.5. The quantitative estimate of drug-likeness (QED) is 0.0978. The Kier molecular flexibility index (Phi) is 13.2. The summed E-state index contributed by atoms with van der Waals surface area (Å²) in [5.74, 6) is 1.13. The van der Waals surface area contributed by atoms with Crippen molar-refractivity contribution in [2.45, 2.75) is 82.8 Å². The van der Waals surface area contributed by atoms with Crippen LogP contribution >= 0.6 is 0 Å². The zero-order valence-corrected chi connectivity index (χ0v) is 42.1. The maximum absolute atomic E-state index is 17.1. The Balaban J connectivity index is 0.918. The minimum absolute atomic E-state index is 0.108. The van der Waals surface area contributed by atoms with Gasteiger partial charge >= 0.3 is 12.2 Å². The van der Waals surface area contributed by atoms with Gasteiger partial charge in [0.15, 0.2) is 0 Å². The second kappa shape index (κ2) is 20.0. The van der Waals surface area contributed by atoms with Crippen molar-refractivity contribution in [3.05, 3.63) is 90.0 Å². The van der Waals surface area contributed by atoms with Crippen LogP contribution in [0.25, 0.3) is 44.7 Å². The Hall–Kier alpha value is -7.61. The van der Waals surface area contributed by atoms with Crippen LogP contribution in [0.2, 0.25) is 0 Å². The third kappa shape index (κ3) is 8.91. The molecule has 19 nitrogen and oxygen atoms in total. The summed E-state index contributed by atoms with van der Waals surface area (Å²) in [4.78, 5) is 74.9. The van der Waals surface area contributed by atoms with Crippen LogP contribution in [0, 0.1) is 17.7 Å². The summed E-state index contributed by atoms with van der Waals surface area (Å²) >= 11 is 0. The number of alkyl carbamates (subject to hydrolysis) is 2. The van der Waals surface area contributed by atoms with Crippen molar-refractivity contribution in [1.29, 1.82) is 0 Å². The summed E-state index contributed by atoms with van der Waals surface area (Å²) in [6.07, 6.45) is 5.54. The summed E-state index contributed by atoms with van der Waals surface area (Å²) in [6, 6.07) is 15.1. The number of likely N-dealkylation sites (N-methyl/N-ethyl adjacent to an activating group) is 1. The van der Waals surface area contributed by atoms with Gasteiger partial charge in [0.2, 0.25) is 18.0 Å². The number of H-pyrrole nitrogens is 2. The molecule has 0 aliphatic carbocycles. The van der Waals surface area contributed by atoms with E-state index in [1.807, 2.05) is 74.0 Å². The number of amides is 4. The zero-order chi connectivity index (χ0) is 51.4. The first-order chi connectivity index (χ1) is 35.9. The highest BCUT2D eigenvalue weighted by molar-refractivity contribution is 5.93. The van der Waals surface area contributed by atoms with Gasteiger partial charge in [-0.3, -0.25) is 9.59 Å². The van der Waals surface area contributed by atoms with Crippen LogP contribution in [0.15, 0.2) is 67.0 Å². The number of fused-ring (bicyclic) bond motifs is 6. The highest BCUT2D eigenvalue weighted by atomic mass is 19.1. The lowest BCUT2D eigenvalue weighted by atomic mass is 9.90. The number of carbonyl (C=O) groups excluding carboxylic acids is 4. The number of halogens is 1. The molecule has 0 spiro atoms. The predicted octanol–water partition coefficient (Wildman–Crippen LogP) is 7.85. The number of likely N-dealkylation sites (tertiary alicyclic amines) is 2. The number of benzene rings is 3. The highest BCUT2D eigenvalue weighted by Crippen LogP contribution is 2.49. The smallest absolute Gasteiger partial charge is 0.407 e. The van der Waals surface area contributed by atoms with Crippen LogP contribution < -0.4 is 25.0 Å². The zero-order valence-electron chi connectivity index (χ0n) is 42.1. The van der Waals surface area contributed by atoms with Gasteiger partial charge in [0.05, 0.1) is 79.1 Å². The van der Waals surface area contributed by atoms with Gasteiger partial charge in [-0.2, -0.15) is 0 Å². The number of nitrogens with one attached hydrogen (secondary N) is 4. The molecule has 388 valence electrons. The molecule has 3 aromatic carbocycles. The van der Waals surface area contributed by atoms with Gasteiger partial charge in [-0.25, -0.2) is 23.9 Å². The molecule has 0 bridgehead atoms. The number of ether oxygens (including phenoxy) is 5. The lowest BCUT2D eigenvalue weighted by Gasteiger charge is -2.34. The van der Waals surface area contributed by atoms with Crippen molar-refractivity contribution in [1.82, 2.24) is 44.9 Å². The summed E-state index contributed by atoms with van der Waals surface area (Å²) in [5.41, 5.74) is 6.18. The predicted molar refractivity (Wildman–Crippen MR) is 271 cm³/mol. The third-order valence-electron chi connectivity index (χ3n) is 15.4. The van der Waals surface area contributed by atoms with Crippen molar-refractivity contribution < 1.29 is 47.3 Å². The highest BCUT2D eigenvalue weighted by Gasteiger charge is 2.41. The van der Waals surface area contributed by atoms with Gasteiger partial charge in [-0.1, -0.05) is 26.0 Å². The molecule has 0 unspecified atom stereocenters. The monoisotopic (exact) mass is 1010 g/mol. The molecule has 20 heteroatoms. The van der Waals surface area contributed by atoms with Gasteiger partial charge in [-0.15, -0.1) is 0 Å². The SMILES string of the molecule is COC(=O)N[C@H](C(=O)N1CCC[C@H]1c1ncc(-c2ccc3c(c2)cc2n3[C@H](c3ccc4c(c3)OCCN4C)Oc3cc(-c4cnc([C@@H]5CCCN5C(=O)[C@@H](NC(=O)OC)C5CCOCC5)[nH]4)cc(F)c3-2)[nH]1)C(C)C. The van der Waals surface area contributed by atoms with Crippen LogP contribution in [0.3, 0.4) is 0 Å². The van der Waals surface area contributed by atoms with Crippen molar-refractivity contribution in [3.63, 3.8) is 0 Å². The van der Waals surface area contributed by atoms with E-state index >= 15 is 4.39 Å². The number of imidazole rings is 2. The fourth-order valence-electron chi connectivity index (χ4n) is 11.5. The number of hydrogen-bond donors (Lipinski definition) is 4. The first kappa shape index (κ1) is 48.6. The van der Waals surface area contributed by atoms with Gasteiger partial charge in [-0.05, 0) is 92.8 Å². The van der Waals surface area contributed by atoms with Gasteiger partial charge in [0, 0.05) is 55.4 Å². The van der Waals surface area contributed by atoms with Gasteiger partial charge in [0.1, 0.15) is 47.7 Å². The van der Waals surface area contributed by atoms with E-state index in [-0.39, 0.29) is 35.7 Å². The molecule has 3 aromatic heterocycles. The molecule has 74 heavy (non-hydrogen) atoms. The van der Waals surface area contributed by atoms with E-state index < -0.39 is 36.3 Å². The van der Waals surface area contributed by atoms with Crippen molar-refractivity contribution in [2.75, 3.05) is 65.6 Å². The molecule has 3 saturated heterocycles. The van der Waals surface area contributed by atoms with E-state index in [1.54, 1.807) is 22.2 Å². The summed E-state index contributed by atoms with van der Waals surface area (Å²) in [7, 11) is 4.59. The molecule has 5 atom stereocenters. The van der Waals surface area contributed by atoms with Gasteiger partial charge in [0.25, 0.3) is 0 Å². The van der Waals surface area contributed by atoms with E-state index in [0.717, 1.165) is 58.5 Å². The summed E-state index contributed by atoms with van der Waals surface area (Å²) in [5, 5.41) is 6.35. The maximum atomic E-state index is 17.1. The number of anilines is 1. The minimum Gasteiger partial charge on any atom is -0.490 e. The van der Waals surface area contributed by atoms with Crippen LogP contribution in [0.5, 0.6) is 11.5 Å². The number of nitrogens with zero attached hydrogens (tertiary/aromatic N) is 6. The van der Waals surface area contributed by atoms with E-state index in [1.165, 1.54) is 20.3 Å². The third-order valence-corrected chi connectivity index (χ3v) is 15.4. The van der Waals surface area contributed by atoms with E-state index in [0.29, 0.717) is 98.5 Å². The Labute approximate surface area is 427 Å². The number of aromatic nitrogens is 5. The molecule has 0 saturated carbocycles. The van der Waals surface area contributed by atoms with E-state index in [9.17, 15) is 19.2 Å². The number of methoxy groups -OCH3 is 2. The average Bonchev–Trinajstić information content (AvgIpc) is 4.29. The fraction of sp³-hybridized carbons (Fsp3) is 0.444. The Morgan fingerprint density at radius 3 is 2.12 bits per heavy atom. The van der Waals surface area contributed by atoms with Crippen molar-refractivity contribution >= 4 is 40.6 Å². The molecule has 4 N–H and O–H groups in total. The molecular formula is C54H61FN10O9. The molecule has 8 heterocycles. The maximum Gasteiger partial charge on any atom is 0.407 e. The van der Waals surface area contributed by atoms with Crippen LogP contribution in [0.1, 0.15) is 87.9 Å². The van der Waals surface area contributed by atoms with E-state index in [2.05, 4.69) is 25.5 Å². The van der Waals surface area contributed by atoms with E-state index in [4.69, 9.17) is 33.7 Å². The number of hydrogen-bond acceptors (Lipinski definition) is 12. The molecular weight excluding hydrogens is 952 g/mol. The molecule has 11 rings (SSSR count). The Morgan fingerprint density at radius 2 is 1.43 bits per heavy atom. The normalized spacial score (nSPS) is 20.3. The van der Waals surface area contributed by atoms with Crippen molar-refractivity contribution in [3.8, 4) is 45.3 Å². The lowest BCUT2D eigenvalue weighted by molar-refractivity contribution is -0.137. The van der Waals surface area contributed by atoms with Gasteiger partial charge < -0.3 is 63.6 Å². The number of rotatable bonds is 11. The second-order valence-corrected chi connectivity index (χ2v) is 20.1. The first-order valence-corrected chi connectivity index (χ1v) is 25.5. The number of aromatic amines is 2. The Morgan fingerprint density at radius 1 is 0.757 bits per heavy atom. The van der Waals surface area contributed by atoms with Crippen LogP contribution in [-0.2, 0) is 23.8 Å². The fourth-order valence-corrected chi connectivity index (χ4v) is 11.5. The second-order valence-electron chi connectivity index (χ2n) is 20.1. The molecule has 0 radical (unpaired) electrons. The molecule has 5 aliphatic rings. The standard InChI is InChI=1S/C54H61FN10O9/c1-29(2)46(60-53(68)70-4)50(66)63-16-6-8-40(63)48-56-27-36(58-48)31-10-12-38-34(22-31)24-42-45-35(55)23-33(26-44(45)74-52(65(38)42)32-11-13-39-43(25-32)73-21-18-62(39)3)37-28-57-49(59-37)41-9-7-17-64(41)51(67)47(61-54(69)71-5)30-14-19-72-20-15-30/h10-13,22-30,40-41,46-47,52H,6-9,14-21H2,1-5H3,(H,56,58)(H,57,59)(H,60,68)(H,61,69)/t40-,41-,46-,47-,52-/m0/s1. The van der Waals surface area contributed by atoms with Crippen molar-refractivity contribution in [2.24, 2.45) is 11.8 Å². The molecule has 6 aromatic rings. The molecule has 4 amide bonds. The molecule has 3 fully saturated rings. The van der Waals surface area contributed by atoms with Crippen LogP contribution in [-0.4, -0.2) is 131 Å². The lowest BCUT2D eigenvalue weighted by Crippen LogP contribution is -2.53. The first-order valence-electron chi connectivity index (χ1n) is 25.5. The topological polar surface area (TPSA) is 210 Å². The molecule has 5 aliphatic heterocycles. The minimum atomic E-state index is -0.779. The largest absolute Gasteiger partial charge is 0.490 e. The number of carbonyl (C=O) groups is 4. The average molecular weight is 1010 g/mol. The summed E-state index contributed by atoms with van der Waals surface area (Å²) in [6.45, 7) is 7.10. The van der Waals surface area contributed by atoms with Crippen LogP contribution in [0.4, 0.5) is 19.7 Å².